The molecule has 9 aliphatic rings. The van der Waals surface area contributed by atoms with Crippen LogP contribution in [-0.2, 0) is 0 Å². The summed E-state index contributed by atoms with van der Waals surface area (Å²) in [6.07, 6.45) is 43.1. The molecule has 1 saturated heterocycles. The van der Waals surface area contributed by atoms with Gasteiger partial charge in [0.2, 0.25) is 0 Å². The number of nitrogens with zero attached hydrogens (tertiary/aromatic N) is 1. The van der Waals surface area contributed by atoms with Crippen LogP contribution in [0.3, 0.4) is 0 Å². The molecule has 1 N–H and O–H groups in total. The Morgan fingerprint density at radius 2 is 1.58 bits per heavy atom. The first-order valence-corrected chi connectivity index (χ1v) is 21.1. The standard InChI is InChI=1S/C53H48N2/c1-2-48-54-46-24-9-10-25-47(46)55(48)35-26-27-36-40-29-28-37(38-20-13-21-39(51(38)40)44(36)30-35)45-31-43(32-14-5-3-6-15-32)52-41-22-11-18-33-19-12-23-42(49(33)41)53(52)50(45)34-16-7-4-8-17-34/h3-12,14,16,18-19,21-28,30-32,34,40,45-48,50,54H,2,13,15,17,20,29H2,1H3. The predicted molar refractivity (Wildman–Crippen MR) is 230 cm³/mol. The summed E-state index contributed by atoms with van der Waals surface area (Å²) in [4.78, 5) is 2.65. The Labute approximate surface area is 325 Å². The zero-order chi connectivity index (χ0) is 36.2. The van der Waals surface area contributed by atoms with Crippen LogP contribution in [0.1, 0.15) is 73.6 Å². The van der Waals surface area contributed by atoms with Crippen LogP contribution in [0.5, 0.6) is 0 Å². The molecule has 2 nitrogen and oxygen atoms in total. The Morgan fingerprint density at radius 3 is 2.42 bits per heavy atom. The first-order valence-electron chi connectivity index (χ1n) is 21.1. The molecule has 8 atom stereocenters. The van der Waals surface area contributed by atoms with Crippen molar-refractivity contribution < 1.29 is 0 Å². The zero-order valence-corrected chi connectivity index (χ0v) is 31.7. The van der Waals surface area contributed by atoms with Crippen LogP contribution < -0.4 is 10.2 Å². The van der Waals surface area contributed by atoms with Gasteiger partial charge in [-0.1, -0.05) is 141 Å². The highest BCUT2D eigenvalue weighted by atomic mass is 15.4. The summed E-state index contributed by atoms with van der Waals surface area (Å²) in [6, 6.07) is 22.3. The monoisotopic (exact) mass is 712 g/mol. The lowest BCUT2D eigenvalue weighted by Gasteiger charge is -2.42. The van der Waals surface area contributed by atoms with Crippen LogP contribution in [0.2, 0.25) is 0 Å². The van der Waals surface area contributed by atoms with Crippen molar-refractivity contribution in [3.63, 3.8) is 0 Å². The summed E-state index contributed by atoms with van der Waals surface area (Å²) in [5.41, 5.74) is 18.4. The number of rotatable bonds is 5. The molecule has 55 heavy (non-hydrogen) atoms. The van der Waals surface area contributed by atoms with E-state index in [2.05, 4.69) is 163 Å². The van der Waals surface area contributed by atoms with Gasteiger partial charge in [0.15, 0.2) is 0 Å². The highest BCUT2D eigenvalue weighted by Gasteiger charge is 2.47. The number of anilines is 1. The smallest absolute Gasteiger partial charge is 0.0805 e. The Morgan fingerprint density at radius 1 is 0.745 bits per heavy atom. The van der Waals surface area contributed by atoms with Crippen LogP contribution in [0.4, 0.5) is 5.69 Å². The van der Waals surface area contributed by atoms with Crippen molar-refractivity contribution in [3.8, 4) is 0 Å². The molecule has 8 aliphatic carbocycles. The van der Waals surface area contributed by atoms with Crippen LogP contribution in [0, 0.1) is 23.7 Å². The number of fused-ring (bicyclic) bond motifs is 6. The van der Waals surface area contributed by atoms with E-state index < -0.39 is 0 Å². The van der Waals surface area contributed by atoms with Crippen molar-refractivity contribution in [2.45, 2.75) is 69.6 Å². The van der Waals surface area contributed by atoms with Gasteiger partial charge >= 0.3 is 0 Å². The summed E-state index contributed by atoms with van der Waals surface area (Å²) in [7, 11) is 0. The number of allylic oxidation sites excluding steroid dienone is 20. The highest BCUT2D eigenvalue weighted by Crippen LogP contribution is 2.62. The lowest BCUT2D eigenvalue weighted by atomic mass is 9.61. The number of hydrogen-bond acceptors (Lipinski definition) is 2. The molecular formula is C53H48N2. The molecule has 3 aromatic carbocycles. The second-order valence-electron chi connectivity index (χ2n) is 17.1. The number of hydrogen-bond donors (Lipinski definition) is 1. The maximum atomic E-state index is 3.91. The second kappa shape index (κ2) is 12.4. The molecular weight excluding hydrogens is 665 g/mol. The van der Waals surface area contributed by atoms with Crippen LogP contribution in [0.15, 0.2) is 168 Å². The fourth-order valence-corrected chi connectivity index (χ4v) is 12.3. The molecule has 1 fully saturated rings. The van der Waals surface area contributed by atoms with Gasteiger partial charge in [-0.25, -0.2) is 0 Å². The summed E-state index contributed by atoms with van der Waals surface area (Å²) >= 11 is 0. The van der Waals surface area contributed by atoms with Crippen molar-refractivity contribution in [1.29, 1.82) is 0 Å². The molecule has 0 aromatic heterocycles. The van der Waals surface area contributed by atoms with E-state index in [4.69, 9.17) is 0 Å². The van der Waals surface area contributed by atoms with Gasteiger partial charge in [-0.2, -0.15) is 0 Å². The maximum absolute atomic E-state index is 3.91. The molecule has 270 valence electrons. The van der Waals surface area contributed by atoms with Gasteiger partial charge in [-0.3, -0.25) is 5.32 Å². The normalized spacial score (nSPS) is 31.8. The van der Waals surface area contributed by atoms with E-state index in [1.165, 1.54) is 49.9 Å². The fourth-order valence-electron chi connectivity index (χ4n) is 12.3. The maximum Gasteiger partial charge on any atom is 0.0805 e. The quantitative estimate of drug-likeness (QED) is 0.283. The third-order valence-electron chi connectivity index (χ3n) is 14.5. The molecule has 2 heteroatoms. The summed E-state index contributed by atoms with van der Waals surface area (Å²) in [6.45, 7) is 2.31. The van der Waals surface area contributed by atoms with Crippen molar-refractivity contribution in [2.24, 2.45) is 23.7 Å². The summed E-state index contributed by atoms with van der Waals surface area (Å²) in [5, 5.41) is 6.74. The lowest BCUT2D eigenvalue weighted by molar-refractivity contribution is 0.414. The van der Waals surface area contributed by atoms with Crippen LogP contribution in [-0.4, -0.2) is 18.2 Å². The summed E-state index contributed by atoms with van der Waals surface area (Å²) in [5.74, 6) is 1.98. The molecule has 0 amide bonds. The molecule has 0 bridgehead atoms. The molecule has 8 unspecified atom stereocenters. The van der Waals surface area contributed by atoms with E-state index in [1.807, 2.05) is 0 Å². The minimum atomic E-state index is 0.324. The molecule has 1 aliphatic heterocycles. The minimum Gasteiger partial charge on any atom is -0.348 e. The van der Waals surface area contributed by atoms with Gasteiger partial charge in [0.1, 0.15) is 0 Å². The molecule has 1 heterocycles. The molecule has 0 radical (unpaired) electrons. The van der Waals surface area contributed by atoms with E-state index in [0.717, 1.165) is 38.5 Å². The lowest BCUT2D eigenvalue weighted by Crippen LogP contribution is -2.38. The number of nitrogens with one attached hydrogen (secondary N) is 1. The Balaban J connectivity index is 0.999. The van der Waals surface area contributed by atoms with E-state index in [0.29, 0.717) is 47.8 Å². The zero-order valence-electron chi connectivity index (χ0n) is 31.7. The SMILES string of the molecule is CCC1NC2C=CC=CC2N1c1ccc2c(c1)C1=CCCC3=C1C2CC=C3C1C=C(C2C=CC=CC2)C2=C(c3cccc4cccc2c34)C1C1C=CC=CC1. The molecule has 3 aromatic rings. The average Bonchev–Trinajstić information content (AvgIpc) is 3.91. The Hall–Kier alpha value is -5.18. The average molecular weight is 713 g/mol. The fraction of sp³-hybridized carbons (Fsp3) is 0.283. The van der Waals surface area contributed by atoms with Gasteiger partial charge < -0.3 is 4.90 Å². The third kappa shape index (κ3) is 4.64. The minimum absolute atomic E-state index is 0.324. The van der Waals surface area contributed by atoms with E-state index in [-0.39, 0.29) is 0 Å². The predicted octanol–water partition coefficient (Wildman–Crippen LogP) is 12.1. The van der Waals surface area contributed by atoms with Crippen molar-refractivity contribution in [2.75, 3.05) is 4.90 Å². The van der Waals surface area contributed by atoms with Gasteiger partial charge in [0.25, 0.3) is 0 Å². The van der Waals surface area contributed by atoms with Crippen molar-refractivity contribution in [3.05, 3.63) is 190 Å². The first kappa shape index (κ1) is 32.1. The summed E-state index contributed by atoms with van der Waals surface area (Å²) < 4.78 is 0. The van der Waals surface area contributed by atoms with Crippen LogP contribution >= 0.6 is 0 Å². The van der Waals surface area contributed by atoms with E-state index in [9.17, 15) is 0 Å². The molecule has 0 saturated carbocycles. The third-order valence-corrected chi connectivity index (χ3v) is 14.5. The largest absolute Gasteiger partial charge is 0.348 e. The Bertz CT molecular complexity index is 2530. The first-order chi connectivity index (χ1) is 27.3. The van der Waals surface area contributed by atoms with Crippen molar-refractivity contribution in [1.82, 2.24) is 5.32 Å². The topological polar surface area (TPSA) is 15.3 Å². The Kier molecular flexibility index (Phi) is 7.25. The van der Waals surface area contributed by atoms with Gasteiger partial charge in [-0.15, -0.1) is 0 Å². The van der Waals surface area contributed by atoms with Gasteiger partial charge in [0, 0.05) is 29.4 Å². The number of benzene rings is 3. The van der Waals surface area contributed by atoms with Gasteiger partial charge in [-0.05, 0) is 129 Å². The van der Waals surface area contributed by atoms with Crippen molar-refractivity contribution >= 4 is 33.2 Å². The van der Waals surface area contributed by atoms with E-state index >= 15 is 0 Å². The molecule has 12 rings (SSSR count). The molecule has 0 spiro atoms. The van der Waals surface area contributed by atoms with E-state index in [1.54, 1.807) is 27.9 Å². The second-order valence-corrected chi connectivity index (χ2v) is 17.1. The highest BCUT2D eigenvalue weighted by molar-refractivity contribution is 6.18. The van der Waals surface area contributed by atoms with Crippen LogP contribution in [0.25, 0.3) is 27.5 Å². The van der Waals surface area contributed by atoms with Gasteiger partial charge in [0.05, 0.1) is 18.2 Å².